The fourth-order valence-electron chi connectivity index (χ4n) is 1.25. The molecule has 0 aromatic carbocycles. The maximum Gasteiger partial charge on any atom is 0.129 e. The van der Waals surface area contributed by atoms with Crippen LogP contribution in [-0.2, 0) is 22.6 Å². The molecule has 0 aliphatic carbocycles. The van der Waals surface area contributed by atoms with Crippen LogP contribution < -0.4 is 5.73 Å². The Kier molecular flexibility index (Phi) is 6.88. The van der Waals surface area contributed by atoms with E-state index in [9.17, 15) is 0 Å². The zero-order valence-electron chi connectivity index (χ0n) is 9.91. The maximum absolute atomic E-state index is 5.47. The summed E-state index contributed by atoms with van der Waals surface area (Å²) in [5.74, 6) is 0.814. The van der Waals surface area contributed by atoms with Crippen molar-refractivity contribution in [1.82, 2.24) is 0 Å². The largest absolute Gasteiger partial charge is 0.467 e. The lowest BCUT2D eigenvalue weighted by Crippen LogP contribution is -2.04. The second kappa shape index (κ2) is 8.33. The average Bonchev–Trinajstić information content (AvgIpc) is 2.76. The molecule has 4 heteroatoms. The van der Waals surface area contributed by atoms with Crippen LogP contribution in [0.2, 0.25) is 0 Å². The van der Waals surface area contributed by atoms with Crippen molar-refractivity contribution in [2.75, 3.05) is 19.8 Å². The van der Waals surface area contributed by atoms with Crippen LogP contribution in [0.5, 0.6) is 0 Å². The Hall–Kier alpha value is -0.840. The Labute approximate surface area is 96.7 Å². The molecule has 92 valence electrons. The van der Waals surface area contributed by atoms with Crippen LogP contribution >= 0.6 is 0 Å². The number of hydrogen-bond acceptors (Lipinski definition) is 4. The minimum absolute atomic E-state index is 0.483. The molecule has 16 heavy (non-hydrogen) atoms. The van der Waals surface area contributed by atoms with Gasteiger partial charge in [0.15, 0.2) is 0 Å². The van der Waals surface area contributed by atoms with E-state index in [-0.39, 0.29) is 0 Å². The Morgan fingerprint density at radius 1 is 1.25 bits per heavy atom. The zero-order valence-corrected chi connectivity index (χ0v) is 9.91. The second-order valence-corrected chi connectivity index (χ2v) is 3.64. The van der Waals surface area contributed by atoms with Crippen LogP contribution in [0.1, 0.15) is 31.1 Å². The highest BCUT2D eigenvalue weighted by molar-refractivity contribution is 5.11. The molecule has 0 amide bonds. The summed E-state index contributed by atoms with van der Waals surface area (Å²) < 4.78 is 16.0. The molecule has 0 fully saturated rings. The standard InChI is InChI=1S/C12H21NO3/c1-2-3-4-14-5-6-15-10-12-7-11(8-13)9-16-12/h7,9H,2-6,8,10,13H2,1H3. The van der Waals surface area contributed by atoms with Crippen molar-refractivity contribution in [2.45, 2.75) is 32.9 Å². The maximum atomic E-state index is 5.47. The van der Waals surface area contributed by atoms with Gasteiger partial charge in [-0.3, -0.25) is 0 Å². The van der Waals surface area contributed by atoms with Crippen LogP contribution in [0.4, 0.5) is 0 Å². The Morgan fingerprint density at radius 2 is 2.06 bits per heavy atom. The Bertz CT molecular complexity index is 273. The highest BCUT2D eigenvalue weighted by Gasteiger charge is 2.00. The van der Waals surface area contributed by atoms with Crippen LogP contribution in [-0.4, -0.2) is 19.8 Å². The highest BCUT2D eigenvalue weighted by atomic mass is 16.5. The van der Waals surface area contributed by atoms with E-state index in [1.807, 2.05) is 6.07 Å². The first kappa shape index (κ1) is 13.2. The van der Waals surface area contributed by atoms with E-state index < -0.39 is 0 Å². The summed E-state index contributed by atoms with van der Waals surface area (Å²) in [6.45, 7) is 5.19. The molecule has 4 nitrogen and oxygen atoms in total. The SMILES string of the molecule is CCCCOCCOCc1cc(CN)co1. The first-order valence-electron chi connectivity index (χ1n) is 5.78. The predicted molar refractivity (Wildman–Crippen MR) is 62.0 cm³/mol. The molecule has 0 atom stereocenters. The van der Waals surface area contributed by atoms with E-state index in [0.29, 0.717) is 26.4 Å². The topological polar surface area (TPSA) is 57.6 Å². The zero-order chi connectivity index (χ0) is 11.6. The third kappa shape index (κ3) is 5.30. The normalized spacial score (nSPS) is 10.9. The monoisotopic (exact) mass is 227 g/mol. The van der Waals surface area contributed by atoms with Gasteiger partial charge in [-0.1, -0.05) is 13.3 Å². The second-order valence-electron chi connectivity index (χ2n) is 3.64. The molecule has 0 saturated carbocycles. The Balaban J connectivity index is 1.98. The van der Waals surface area contributed by atoms with Crippen molar-refractivity contribution < 1.29 is 13.9 Å². The molecule has 1 aromatic rings. The van der Waals surface area contributed by atoms with Crippen LogP contribution in [0.15, 0.2) is 16.7 Å². The van der Waals surface area contributed by atoms with E-state index in [4.69, 9.17) is 19.6 Å². The van der Waals surface area contributed by atoms with Crippen molar-refractivity contribution in [2.24, 2.45) is 5.73 Å². The summed E-state index contributed by atoms with van der Waals surface area (Å²) in [5.41, 5.74) is 6.46. The van der Waals surface area contributed by atoms with Gasteiger partial charge < -0.3 is 19.6 Å². The lowest BCUT2D eigenvalue weighted by atomic mass is 10.3. The Morgan fingerprint density at radius 3 is 2.75 bits per heavy atom. The molecule has 0 aliphatic heterocycles. The minimum atomic E-state index is 0.483. The molecule has 1 heterocycles. The molecule has 0 bridgehead atoms. The summed E-state index contributed by atoms with van der Waals surface area (Å²) in [6.07, 6.45) is 3.93. The van der Waals surface area contributed by atoms with Crippen molar-refractivity contribution >= 4 is 0 Å². The van der Waals surface area contributed by atoms with Crippen LogP contribution in [0, 0.1) is 0 Å². The summed E-state index contributed by atoms with van der Waals surface area (Å²) in [6, 6.07) is 1.91. The van der Waals surface area contributed by atoms with Gasteiger partial charge in [0.25, 0.3) is 0 Å². The van der Waals surface area contributed by atoms with Crippen LogP contribution in [0.3, 0.4) is 0 Å². The number of furan rings is 1. The molecule has 0 saturated heterocycles. The predicted octanol–water partition coefficient (Wildman–Crippen LogP) is 2.07. The van der Waals surface area contributed by atoms with Gasteiger partial charge in [-0.05, 0) is 12.5 Å². The highest BCUT2D eigenvalue weighted by Crippen LogP contribution is 2.07. The fraction of sp³-hybridized carbons (Fsp3) is 0.667. The fourth-order valence-corrected chi connectivity index (χ4v) is 1.25. The van der Waals surface area contributed by atoms with Gasteiger partial charge in [-0.2, -0.15) is 0 Å². The van der Waals surface area contributed by atoms with E-state index in [1.54, 1.807) is 6.26 Å². The first-order valence-corrected chi connectivity index (χ1v) is 5.78. The molecule has 0 radical (unpaired) electrons. The van der Waals surface area contributed by atoms with Gasteiger partial charge in [0, 0.05) is 18.7 Å². The molecule has 1 aromatic heterocycles. The first-order chi connectivity index (χ1) is 7.86. The molecular weight excluding hydrogens is 206 g/mol. The number of ether oxygens (including phenoxy) is 2. The van der Waals surface area contributed by atoms with Gasteiger partial charge in [0.2, 0.25) is 0 Å². The van der Waals surface area contributed by atoms with Gasteiger partial charge in [-0.25, -0.2) is 0 Å². The van der Waals surface area contributed by atoms with Crippen molar-refractivity contribution in [1.29, 1.82) is 0 Å². The number of rotatable bonds is 9. The summed E-state index contributed by atoms with van der Waals surface area (Å²) in [5, 5.41) is 0. The van der Waals surface area contributed by atoms with Crippen molar-refractivity contribution in [3.8, 4) is 0 Å². The summed E-state index contributed by atoms with van der Waals surface area (Å²) in [7, 11) is 0. The van der Waals surface area contributed by atoms with Gasteiger partial charge in [0.1, 0.15) is 12.4 Å². The molecule has 1 rings (SSSR count). The van der Waals surface area contributed by atoms with E-state index in [1.165, 1.54) is 0 Å². The van der Waals surface area contributed by atoms with Crippen molar-refractivity contribution in [3.63, 3.8) is 0 Å². The average molecular weight is 227 g/mol. The third-order valence-corrected chi connectivity index (χ3v) is 2.20. The molecular formula is C12H21NO3. The number of nitrogens with two attached hydrogens (primary N) is 1. The van der Waals surface area contributed by atoms with Crippen LogP contribution in [0.25, 0.3) is 0 Å². The molecule has 0 unspecified atom stereocenters. The smallest absolute Gasteiger partial charge is 0.129 e. The third-order valence-electron chi connectivity index (χ3n) is 2.20. The number of unbranched alkanes of at least 4 members (excludes halogenated alkanes) is 1. The summed E-state index contributed by atoms with van der Waals surface area (Å²) >= 11 is 0. The van der Waals surface area contributed by atoms with E-state index in [2.05, 4.69) is 6.92 Å². The lowest BCUT2D eigenvalue weighted by molar-refractivity contribution is 0.0339. The lowest BCUT2D eigenvalue weighted by Gasteiger charge is -2.03. The molecule has 0 spiro atoms. The van der Waals surface area contributed by atoms with E-state index in [0.717, 1.165) is 30.8 Å². The van der Waals surface area contributed by atoms with E-state index >= 15 is 0 Å². The quantitative estimate of drug-likeness (QED) is 0.656. The minimum Gasteiger partial charge on any atom is -0.467 e. The molecule has 0 aliphatic rings. The van der Waals surface area contributed by atoms with Gasteiger partial charge in [0.05, 0.1) is 19.5 Å². The van der Waals surface area contributed by atoms with Gasteiger partial charge in [-0.15, -0.1) is 0 Å². The number of hydrogen-bond donors (Lipinski definition) is 1. The van der Waals surface area contributed by atoms with Gasteiger partial charge >= 0.3 is 0 Å². The van der Waals surface area contributed by atoms with Crippen molar-refractivity contribution in [3.05, 3.63) is 23.7 Å². The molecule has 2 N–H and O–H groups in total. The summed E-state index contributed by atoms with van der Waals surface area (Å²) in [4.78, 5) is 0.